The zero-order chi connectivity index (χ0) is 10.2. The van der Waals surface area contributed by atoms with Crippen LogP contribution in [-0.2, 0) is 13.6 Å². The zero-order valence-corrected chi connectivity index (χ0v) is 11.3. The fraction of sp³-hybridized carbons (Fsp3) is 1.00. The van der Waals surface area contributed by atoms with Crippen molar-refractivity contribution >= 4 is 35.3 Å². The SMILES string of the molecule is CCOP(=O)(CSCCBr)OCC. The predicted molar refractivity (Wildman–Crippen MR) is 62.0 cm³/mol. The number of alkyl halides is 1. The molecule has 0 rings (SSSR count). The Bertz CT molecular complexity index is 158. The van der Waals surface area contributed by atoms with Crippen LogP contribution in [0.4, 0.5) is 0 Å². The fourth-order valence-electron chi connectivity index (χ4n) is 0.736. The van der Waals surface area contributed by atoms with Crippen LogP contribution in [-0.4, -0.2) is 29.8 Å². The largest absolute Gasteiger partial charge is 0.340 e. The highest BCUT2D eigenvalue weighted by Gasteiger charge is 2.22. The van der Waals surface area contributed by atoms with Crippen molar-refractivity contribution in [2.24, 2.45) is 0 Å². The Morgan fingerprint density at radius 2 is 1.85 bits per heavy atom. The molecule has 0 unspecified atom stereocenters. The van der Waals surface area contributed by atoms with Gasteiger partial charge in [0.15, 0.2) is 0 Å². The van der Waals surface area contributed by atoms with E-state index in [2.05, 4.69) is 15.9 Å². The molecule has 0 aliphatic heterocycles. The lowest BCUT2D eigenvalue weighted by molar-refractivity contribution is 0.224. The van der Waals surface area contributed by atoms with Gasteiger partial charge in [0.1, 0.15) is 0 Å². The van der Waals surface area contributed by atoms with Gasteiger partial charge in [-0.15, -0.1) is 11.8 Å². The summed E-state index contributed by atoms with van der Waals surface area (Å²) in [6.07, 6.45) is 0. The summed E-state index contributed by atoms with van der Waals surface area (Å²) in [5.74, 6) is 0.921. The first-order valence-corrected chi connectivity index (χ1v) is 8.20. The Kier molecular flexibility index (Phi) is 8.93. The molecular formula is C7H16BrO3PS. The predicted octanol–water partition coefficient (Wildman–Crippen LogP) is 3.34. The van der Waals surface area contributed by atoms with E-state index in [-0.39, 0.29) is 0 Å². The standard InChI is InChI=1S/C7H16BrO3PS/c1-3-10-12(9,11-4-2)7-13-6-5-8/h3-7H2,1-2H3. The van der Waals surface area contributed by atoms with E-state index >= 15 is 0 Å². The van der Waals surface area contributed by atoms with Crippen molar-refractivity contribution in [3.63, 3.8) is 0 Å². The molecule has 0 aromatic carbocycles. The van der Waals surface area contributed by atoms with Crippen molar-refractivity contribution in [2.45, 2.75) is 13.8 Å². The molecular weight excluding hydrogens is 275 g/mol. The molecule has 0 radical (unpaired) electrons. The minimum absolute atomic E-state index is 0.437. The van der Waals surface area contributed by atoms with E-state index in [1.807, 2.05) is 13.8 Å². The van der Waals surface area contributed by atoms with Crippen molar-refractivity contribution < 1.29 is 13.6 Å². The molecule has 6 heteroatoms. The highest BCUT2D eigenvalue weighted by molar-refractivity contribution is 9.09. The second kappa shape index (κ2) is 8.30. The lowest BCUT2D eigenvalue weighted by atomic mass is 10.9. The number of rotatable bonds is 8. The Morgan fingerprint density at radius 1 is 1.31 bits per heavy atom. The van der Waals surface area contributed by atoms with Gasteiger partial charge in [-0.25, -0.2) is 0 Å². The lowest BCUT2D eigenvalue weighted by Crippen LogP contribution is -1.98. The molecule has 0 aromatic rings. The molecule has 0 atom stereocenters. The molecule has 13 heavy (non-hydrogen) atoms. The topological polar surface area (TPSA) is 35.5 Å². The molecule has 0 N–H and O–H groups in total. The summed E-state index contributed by atoms with van der Waals surface area (Å²) in [6.45, 7) is 4.51. The normalized spacial score (nSPS) is 11.9. The Balaban J connectivity index is 3.85. The van der Waals surface area contributed by atoms with Crippen molar-refractivity contribution in [2.75, 3.05) is 29.8 Å². The van der Waals surface area contributed by atoms with Crippen molar-refractivity contribution in [1.29, 1.82) is 0 Å². The van der Waals surface area contributed by atoms with Crippen LogP contribution in [0.1, 0.15) is 13.8 Å². The number of thioether (sulfide) groups is 1. The monoisotopic (exact) mass is 290 g/mol. The first-order valence-electron chi connectivity index (χ1n) is 4.20. The summed E-state index contributed by atoms with van der Waals surface area (Å²) >= 11 is 4.88. The minimum Gasteiger partial charge on any atom is -0.308 e. The molecule has 0 fully saturated rings. The highest BCUT2D eigenvalue weighted by Crippen LogP contribution is 2.50. The maximum absolute atomic E-state index is 11.8. The molecule has 80 valence electrons. The van der Waals surface area contributed by atoms with E-state index in [4.69, 9.17) is 9.05 Å². The van der Waals surface area contributed by atoms with Gasteiger partial charge in [0.25, 0.3) is 0 Å². The third kappa shape index (κ3) is 6.97. The molecule has 0 bridgehead atoms. The van der Waals surface area contributed by atoms with Crippen molar-refractivity contribution in [3.8, 4) is 0 Å². The molecule has 0 aromatic heterocycles. The summed E-state index contributed by atoms with van der Waals surface area (Å²) in [7, 11) is -2.81. The average molecular weight is 291 g/mol. The first kappa shape index (κ1) is 14.0. The number of halogens is 1. The maximum atomic E-state index is 11.8. The number of hydrogen-bond donors (Lipinski definition) is 0. The highest BCUT2D eigenvalue weighted by atomic mass is 79.9. The maximum Gasteiger partial charge on any atom is 0.340 e. The third-order valence-electron chi connectivity index (χ3n) is 1.12. The van der Waals surface area contributed by atoms with Crippen LogP contribution in [0.25, 0.3) is 0 Å². The van der Waals surface area contributed by atoms with Crippen LogP contribution in [0.2, 0.25) is 0 Å². The van der Waals surface area contributed by atoms with Crippen LogP contribution in [0.15, 0.2) is 0 Å². The van der Waals surface area contributed by atoms with Gasteiger partial charge >= 0.3 is 7.60 Å². The zero-order valence-electron chi connectivity index (χ0n) is 7.99. The van der Waals surface area contributed by atoms with E-state index in [0.29, 0.717) is 18.7 Å². The summed E-state index contributed by atoms with van der Waals surface area (Å²) in [6, 6.07) is 0. The summed E-state index contributed by atoms with van der Waals surface area (Å²) in [4.78, 5) is 0. The van der Waals surface area contributed by atoms with E-state index in [1.165, 1.54) is 0 Å². The van der Waals surface area contributed by atoms with Gasteiger partial charge in [0.05, 0.1) is 18.7 Å². The van der Waals surface area contributed by atoms with Crippen LogP contribution in [0.3, 0.4) is 0 Å². The van der Waals surface area contributed by atoms with Crippen LogP contribution in [0.5, 0.6) is 0 Å². The Morgan fingerprint density at radius 3 is 2.23 bits per heavy atom. The van der Waals surface area contributed by atoms with Gasteiger partial charge in [0, 0.05) is 11.1 Å². The summed E-state index contributed by atoms with van der Waals surface area (Å²) in [5, 5.41) is 0.899. The van der Waals surface area contributed by atoms with Gasteiger partial charge in [-0.2, -0.15) is 0 Å². The summed E-state index contributed by atoms with van der Waals surface area (Å²) in [5.41, 5.74) is 0.445. The first-order chi connectivity index (χ1) is 6.18. The van der Waals surface area contributed by atoms with Crippen molar-refractivity contribution in [1.82, 2.24) is 0 Å². The van der Waals surface area contributed by atoms with E-state index in [1.54, 1.807) is 11.8 Å². The Hall–Kier alpha value is 0.980. The molecule has 0 saturated heterocycles. The van der Waals surface area contributed by atoms with Crippen LogP contribution >= 0.6 is 35.3 Å². The summed E-state index contributed by atoms with van der Waals surface area (Å²) < 4.78 is 22.0. The quantitative estimate of drug-likeness (QED) is 0.390. The number of hydrogen-bond acceptors (Lipinski definition) is 4. The minimum atomic E-state index is -2.81. The van der Waals surface area contributed by atoms with Crippen molar-refractivity contribution in [3.05, 3.63) is 0 Å². The van der Waals surface area contributed by atoms with E-state index in [0.717, 1.165) is 11.1 Å². The Labute approximate surface area is 92.6 Å². The molecule has 0 heterocycles. The molecule has 0 amide bonds. The molecule has 0 aliphatic rings. The molecule has 0 aliphatic carbocycles. The smallest absolute Gasteiger partial charge is 0.308 e. The second-order valence-electron chi connectivity index (χ2n) is 2.17. The van der Waals surface area contributed by atoms with Gasteiger partial charge < -0.3 is 9.05 Å². The fourth-order valence-corrected chi connectivity index (χ4v) is 4.40. The van der Waals surface area contributed by atoms with Crippen LogP contribution in [0, 0.1) is 0 Å². The molecule has 0 spiro atoms. The van der Waals surface area contributed by atoms with Gasteiger partial charge in [-0.1, -0.05) is 15.9 Å². The van der Waals surface area contributed by atoms with E-state index < -0.39 is 7.60 Å². The second-order valence-corrected chi connectivity index (χ2v) is 6.55. The third-order valence-corrected chi connectivity index (χ3v) is 5.84. The van der Waals surface area contributed by atoms with E-state index in [9.17, 15) is 4.57 Å². The van der Waals surface area contributed by atoms with Gasteiger partial charge in [-0.3, -0.25) is 4.57 Å². The van der Waals surface area contributed by atoms with Gasteiger partial charge in [0.2, 0.25) is 0 Å². The van der Waals surface area contributed by atoms with Gasteiger partial charge in [-0.05, 0) is 13.8 Å². The average Bonchev–Trinajstić information content (AvgIpc) is 2.05. The molecule has 3 nitrogen and oxygen atoms in total. The molecule has 0 saturated carbocycles. The van der Waals surface area contributed by atoms with Crippen LogP contribution < -0.4 is 0 Å². The lowest BCUT2D eigenvalue weighted by Gasteiger charge is -2.15.